The van der Waals surface area contributed by atoms with E-state index < -0.39 is 20.5 Å². The minimum atomic E-state index is -2.62. The van der Waals surface area contributed by atoms with Crippen LogP contribution >= 0.6 is 8.60 Å². The molecule has 0 spiro atoms. The second kappa shape index (κ2) is 21.3. The highest BCUT2D eigenvalue weighted by molar-refractivity contribution is 7.38. The minimum Gasteiger partial charge on any atom is -0.462 e. The van der Waals surface area contributed by atoms with Crippen molar-refractivity contribution in [3.05, 3.63) is 35.4 Å². The number of rotatable bonds is 16. The molecule has 8 heteroatoms. The first kappa shape index (κ1) is 30.5. The van der Waals surface area contributed by atoms with Gasteiger partial charge in [-0.25, -0.2) is 9.59 Å². The molecule has 0 aromatic heterocycles. The van der Waals surface area contributed by atoms with Crippen LogP contribution in [0, 0.1) is 0 Å². The highest BCUT2D eigenvalue weighted by Gasteiger charge is 2.18. The Morgan fingerprint density at radius 1 is 0.656 bits per heavy atom. The Labute approximate surface area is 194 Å². The first-order valence-electron chi connectivity index (χ1n) is 11.7. The zero-order valence-electron chi connectivity index (χ0n) is 19.6. The van der Waals surface area contributed by atoms with Gasteiger partial charge in [-0.05, 0) is 25.0 Å². The average molecular weight is 473 g/mol. The minimum absolute atomic E-state index is 0.293. The van der Waals surface area contributed by atoms with Crippen LogP contribution in [0.15, 0.2) is 24.3 Å². The summed E-state index contributed by atoms with van der Waals surface area (Å²) in [6.45, 7) is 5.17. The van der Waals surface area contributed by atoms with Gasteiger partial charge in [0.1, 0.15) is 0 Å². The van der Waals surface area contributed by atoms with E-state index in [1.807, 2.05) is 0 Å². The van der Waals surface area contributed by atoms with Crippen LogP contribution in [0.3, 0.4) is 0 Å². The van der Waals surface area contributed by atoms with E-state index in [1.165, 1.54) is 51.4 Å². The Morgan fingerprint density at radius 2 is 0.969 bits per heavy atom. The van der Waals surface area contributed by atoms with Gasteiger partial charge in [0.15, 0.2) is 0 Å². The SMILES string of the molecule is CCCCCCCCOC(=O)c1ccccc1C(=O)OCCCCCCCC.OP(O)O. The molecule has 0 amide bonds. The van der Waals surface area contributed by atoms with Gasteiger partial charge in [0.05, 0.1) is 24.3 Å². The third kappa shape index (κ3) is 17.1. The summed E-state index contributed by atoms with van der Waals surface area (Å²) in [6, 6.07) is 6.74. The van der Waals surface area contributed by atoms with Crippen molar-refractivity contribution in [3.63, 3.8) is 0 Å². The molecule has 0 aliphatic heterocycles. The first-order chi connectivity index (χ1) is 15.4. The fourth-order valence-electron chi connectivity index (χ4n) is 3.09. The average Bonchev–Trinajstić information content (AvgIpc) is 2.77. The number of hydrogen-bond acceptors (Lipinski definition) is 7. The summed E-state index contributed by atoms with van der Waals surface area (Å²) in [6.07, 6.45) is 13.6. The molecule has 184 valence electrons. The van der Waals surface area contributed by atoms with Gasteiger partial charge in [-0.1, -0.05) is 90.2 Å². The van der Waals surface area contributed by atoms with Gasteiger partial charge < -0.3 is 24.2 Å². The maximum Gasteiger partial charge on any atom is 0.339 e. The molecule has 0 aliphatic rings. The molecular formula is C24H41O7P. The third-order valence-corrected chi connectivity index (χ3v) is 4.83. The van der Waals surface area contributed by atoms with Crippen LogP contribution in [-0.2, 0) is 9.47 Å². The van der Waals surface area contributed by atoms with Crippen molar-refractivity contribution < 1.29 is 33.7 Å². The Kier molecular flexibility index (Phi) is 20.3. The van der Waals surface area contributed by atoms with E-state index in [9.17, 15) is 9.59 Å². The van der Waals surface area contributed by atoms with Gasteiger partial charge in [-0.3, -0.25) is 0 Å². The Morgan fingerprint density at radius 3 is 1.31 bits per heavy atom. The van der Waals surface area contributed by atoms with Crippen LogP contribution in [0.25, 0.3) is 0 Å². The van der Waals surface area contributed by atoms with Crippen molar-refractivity contribution in [1.29, 1.82) is 0 Å². The number of esters is 2. The maximum absolute atomic E-state index is 12.4. The predicted octanol–water partition coefficient (Wildman–Crippen LogP) is 5.91. The smallest absolute Gasteiger partial charge is 0.339 e. The highest BCUT2D eigenvalue weighted by Crippen LogP contribution is 2.14. The number of benzene rings is 1. The Balaban J connectivity index is 0.00000220. The monoisotopic (exact) mass is 472 g/mol. The fraction of sp³-hybridized carbons (Fsp3) is 0.667. The van der Waals surface area contributed by atoms with Crippen molar-refractivity contribution in [2.45, 2.75) is 90.9 Å². The summed E-state index contributed by atoms with van der Waals surface area (Å²) in [5.74, 6) is -0.888. The molecule has 0 unspecified atom stereocenters. The van der Waals surface area contributed by atoms with Gasteiger partial charge >= 0.3 is 20.5 Å². The molecule has 0 saturated heterocycles. The van der Waals surface area contributed by atoms with E-state index in [4.69, 9.17) is 24.2 Å². The number of ether oxygens (including phenoxy) is 2. The van der Waals surface area contributed by atoms with Crippen LogP contribution in [-0.4, -0.2) is 39.8 Å². The molecule has 0 fully saturated rings. The van der Waals surface area contributed by atoms with Gasteiger partial charge in [0, 0.05) is 0 Å². The van der Waals surface area contributed by atoms with E-state index in [-0.39, 0.29) is 0 Å². The van der Waals surface area contributed by atoms with Crippen molar-refractivity contribution in [2.75, 3.05) is 13.2 Å². The zero-order valence-corrected chi connectivity index (χ0v) is 20.5. The molecule has 1 aromatic carbocycles. The standard InChI is InChI=1S/C24H38O4.H3O3P/c1-3-5-7-9-11-15-19-27-23(25)21-17-13-14-18-22(21)24(26)28-20-16-12-10-8-6-4-2;1-4(2)3/h13-14,17-18H,3-12,15-16,19-20H2,1-2H3;1-3H. The van der Waals surface area contributed by atoms with Crippen molar-refractivity contribution in [3.8, 4) is 0 Å². The zero-order chi connectivity index (χ0) is 24.0. The predicted molar refractivity (Wildman–Crippen MR) is 127 cm³/mol. The summed E-state index contributed by atoms with van der Waals surface area (Å²) in [5, 5.41) is 0. The number of carbonyl (C=O) groups is 2. The number of hydrogen-bond donors (Lipinski definition) is 3. The number of unbranched alkanes of at least 4 members (excludes halogenated alkanes) is 10. The second-order valence-electron chi connectivity index (χ2n) is 7.62. The van der Waals surface area contributed by atoms with Crippen LogP contribution in [0.4, 0.5) is 0 Å². The molecule has 1 aromatic rings. The van der Waals surface area contributed by atoms with Crippen LogP contribution in [0.2, 0.25) is 0 Å². The molecule has 3 N–H and O–H groups in total. The van der Waals surface area contributed by atoms with Gasteiger partial charge in [-0.15, -0.1) is 0 Å². The molecule has 0 aliphatic carbocycles. The first-order valence-corrected chi connectivity index (χ1v) is 12.9. The van der Waals surface area contributed by atoms with Crippen molar-refractivity contribution in [1.82, 2.24) is 0 Å². The molecular weight excluding hydrogens is 431 g/mol. The fourth-order valence-corrected chi connectivity index (χ4v) is 3.09. The lowest BCUT2D eigenvalue weighted by atomic mass is 10.1. The lowest BCUT2D eigenvalue weighted by molar-refractivity contribution is 0.0450. The van der Waals surface area contributed by atoms with E-state index >= 15 is 0 Å². The van der Waals surface area contributed by atoms with Crippen LogP contribution in [0.1, 0.15) is 112 Å². The molecule has 0 radical (unpaired) electrons. The molecule has 0 heterocycles. The summed E-state index contributed by atoms with van der Waals surface area (Å²) in [4.78, 5) is 46.4. The quantitative estimate of drug-likeness (QED) is 0.156. The van der Waals surface area contributed by atoms with E-state index in [0.717, 1.165) is 25.7 Å². The van der Waals surface area contributed by atoms with Crippen LogP contribution in [0.5, 0.6) is 0 Å². The summed E-state index contributed by atoms with van der Waals surface area (Å²) >= 11 is 0. The molecule has 7 nitrogen and oxygen atoms in total. The number of carbonyl (C=O) groups excluding carboxylic acids is 2. The van der Waals surface area contributed by atoms with E-state index in [2.05, 4.69) is 13.8 Å². The van der Waals surface area contributed by atoms with Crippen molar-refractivity contribution in [2.24, 2.45) is 0 Å². The Bertz CT molecular complexity index is 556. The van der Waals surface area contributed by atoms with E-state index in [1.54, 1.807) is 24.3 Å². The molecule has 0 saturated carbocycles. The normalized spacial score (nSPS) is 10.4. The third-order valence-electron chi connectivity index (χ3n) is 4.83. The summed E-state index contributed by atoms with van der Waals surface area (Å²) in [5.41, 5.74) is 0.586. The summed E-state index contributed by atoms with van der Waals surface area (Å²) in [7, 11) is -2.62. The van der Waals surface area contributed by atoms with Gasteiger partial charge in [0.25, 0.3) is 0 Å². The molecule has 0 atom stereocenters. The maximum atomic E-state index is 12.4. The van der Waals surface area contributed by atoms with Gasteiger partial charge in [-0.2, -0.15) is 0 Å². The van der Waals surface area contributed by atoms with Crippen molar-refractivity contribution >= 4 is 20.5 Å². The largest absolute Gasteiger partial charge is 0.462 e. The van der Waals surface area contributed by atoms with E-state index in [0.29, 0.717) is 24.3 Å². The topological polar surface area (TPSA) is 113 Å². The second-order valence-corrected chi connectivity index (χ2v) is 8.16. The Hall–Kier alpha value is -1.53. The highest BCUT2D eigenvalue weighted by atomic mass is 31.2. The van der Waals surface area contributed by atoms with Gasteiger partial charge in [0.2, 0.25) is 0 Å². The molecule has 1 rings (SSSR count). The molecule has 0 bridgehead atoms. The lowest BCUT2D eigenvalue weighted by Gasteiger charge is -2.10. The molecule has 32 heavy (non-hydrogen) atoms. The lowest BCUT2D eigenvalue weighted by Crippen LogP contribution is -2.15. The van der Waals surface area contributed by atoms with Crippen LogP contribution < -0.4 is 0 Å². The summed E-state index contributed by atoms with van der Waals surface area (Å²) < 4.78 is 10.7.